The lowest BCUT2D eigenvalue weighted by Gasteiger charge is -2.20. The van der Waals surface area contributed by atoms with Gasteiger partial charge in [0.25, 0.3) is 0 Å². The Kier molecular flexibility index (Phi) is 8.61. The van der Waals surface area contributed by atoms with Crippen LogP contribution in [0.4, 0.5) is 5.69 Å². The Bertz CT molecular complexity index is 1160. The second-order valence-electron chi connectivity index (χ2n) is 7.57. The summed E-state index contributed by atoms with van der Waals surface area (Å²) in [4.78, 5) is 29.4. The number of halogens is 1. The number of hydrogen-bond donors (Lipinski definition) is 3. The molecule has 3 aromatic carbocycles. The van der Waals surface area contributed by atoms with E-state index in [1.807, 2.05) is 35.2 Å². The smallest absolute Gasteiger partial charge is 0.343 e. The number of carbonyl (C=O) groups excluding carboxylic acids is 1. The lowest BCUT2D eigenvalue weighted by atomic mass is 10.1. The maximum absolute atomic E-state index is 12.4. The summed E-state index contributed by atoms with van der Waals surface area (Å²) in [6, 6.07) is 21.0. The number of benzene rings is 3. The molecule has 0 spiro atoms. The minimum Gasteiger partial charge on any atom is -0.480 e. The molecule has 5 N–H and O–H groups in total. The fourth-order valence-corrected chi connectivity index (χ4v) is 3.57. The van der Waals surface area contributed by atoms with Crippen LogP contribution in [0.25, 0.3) is 0 Å². The van der Waals surface area contributed by atoms with Crippen molar-refractivity contribution in [2.45, 2.75) is 13.0 Å². The summed E-state index contributed by atoms with van der Waals surface area (Å²) in [5.74, 6) is -1.21. The zero-order valence-corrected chi connectivity index (χ0v) is 19.1. The molecule has 176 valence electrons. The van der Waals surface area contributed by atoms with Gasteiger partial charge >= 0.3 is 11.9 Å². The second-order valence-corrected chi connectivity index (χ2v) is 7.97. The topological polar surface area (TPSA) is 131 Å². The van der Waals surface area contributed by atoms with E-state index in [1.54, 1.807) is 42.5 Å². The third-order valence-corrected chi connectivity index (χ3v) is 5.25. The number of aliphatic imine (C=N–C) groups is 1. The molecule has 0 amide bonds. The number of aliphatic carboxylic acids is 1. The number of hydrogen-bond acceptors (Lipinski definition) is 5. The number of nitrogens with zero attached hydrogens (tertiary/aromatic N) is 2. The highest BCUT2D eigenvalue weighted by Gasteiger charge is 2.14. The van der Waals surface area contributed by atoms with Gasteiger partial charge < -0.3 is 21.3 Å². The van der Waals surface area contributed by atoms with Crippen LogP contribution in [0, 0.1) is 0 Å². The van der Waals surface area contributed by atoms with Gasteiger partial charge in [-0.15, -0.1) is 0 Å². The number of carboxylic acid groups (broad SMARTS) is 1. The Balaban J connectivity index is 1.61. The highest BCUT2D eigenvalue weighted by atomic mass is 35.5. The highest BCUT2D eigenvalue weighted by molar-refractivity contribution is 6.31. The van der Waals surface area contributed by atoms with Crippen LogP contribution < -0.4 is 16.2 Å². The number of carboxylic acids is 1. The summed E-state index contributed by atoms with van der Waals surface area (Å²) in [5.41, 5.74) is 13.4. The van der Waals surface area contributed by atoms with E-state index in [1.165, 1.54) is 0 Å². The average Bonchev–Trinajstić information content (AvgIpc) is 2.79. The van der Waals surface area contributed by atoms with Crippen molar-refractivity contribution in [2.24, 2.45) is 16.5 Å². The van der Waals surface area contributed by atoms with E-state index >= 15 is 0 Å². The van der Waals surface area contributed by atoms with Crippen LogP contribution in [-0.2, 0) is 17.8 Å². The van der Waals surface area contributed by atoms with Crippen LogP contribution in [0.15, 0.2) is 77.8 Å². The quantitative estimate of drug-likeness (QED) is 0.175. The van der Waals surface area contributed by atoms with E-state index < -0.39 is 11.9 Å². The molecule has 9 heteroatoms. The lowest BCUT2D eigenvalue weighted by Crippen LogP contribution is -2.31. The molecular weight excluding hydrogens is 456 g/mol. The molecule has 0 saturated carbocycles. The van der Waals surface area contributed by atoms with Crippen LogP contribution in [0.2, 0.25) is 5.02 Å². The molecule has 8 nitrogen and oxygen atoms in total. The Morgan fingerprint density at radius 3 is 2.32 bits per heavy atom. The van der Waals surface area contributed by atoms with Gasteiger partial charge in [0, 0.05) is 18.1 Å². The molecule has 0 aromatic heterocycles. The third-order valence-electron chi connectivity index (χ3n) is 4.90. The highest BCUT2D eigenvalue weighted by Crippen LogP contribution is 2.24. The third kappa shape index (κ3) is 7.61. The fraction of sp³-hybridized carbons (Fsp3) is 0.160. The van der Waals surface area contributed by atoms with Gasteiger partial charge in [0.1, 0.15) is 5.75 Å². The Hall–Kier alpha value is -3.88. The molecule has 0 heterocycles. The molecule has 0 bridgehead atoms. The first kappa shape index (κ1) is 24.8. The first-order chi connectivity index (χ1) is 16.3. The van der Waals surface area contributed by atoms with Crippen molar-refractivity contribution in [3.8, 4) is 5.75 Å². The molecule has 0 radical (unpaired) electrons. The number of carbonyl (C=O) groups is 2. The summed E-state index contributed by atoms with van der Waals surface area (Å²) < 4.78 is 5.42. The van der Waals surface area contributed by atoms with Gasteiger partial charge in [-0.05, 0) is 53.9 Å². The van der Waals surface area contributed by atoms with Gasteiger partial charge in [0.2, 0.25) is 0 Å². The van der Waals surface area contributed by atoms with Gasteiger partial charge in [-0.1, -0.05) is 48.0 Å². The summed E-state index contributed by atoms with van der Waals surface area (Å²) in [7, 11) is 0. The fourth-order valence-electron chi connectivity index (χ4n) is 3.31. The van der Waals surface area contributed by atoms with Crippen molar-refractivity contribution < 1.29 is 19.4 Å². The SMILES string of the molecule is NC(N)=Nc1ccc(C(=O)Oc2ccc(CCN(CC(=O)O)Cc3ccccc3)c(Cl)c2)cc1. The standard InChI is InChI=1S/C25H25ClN4O4/c26-22-14-21(34-24(33)19-6-9-20(10-7-19)29-25(27)28)11-8-18(22)12-13-30(16-23(31)32)15-17-4-2-1-3-5-17/h1-11,14H,12-13,15-16H2,(H,31,32)(H4,27,28,29). The molecule has 0 fully saturated rings. The van der Waals surface area contributed by atoms with Gasteiger partial charge in [0.05, 0.1) is 17.8 Å². The van der Waals surface area contributed by atoms with Crippen LogP contribution in [-0.4, -0.2) is 41.0 Å². The molecule has 3 aromatic rings. The summed E-state index contributed by atoms with van der Waals surface area (Å²) in [5, 5.41) is 9.68. The predicted molar refractivity (Wildman–Crippen MR) is 131 cm³/mol. The Morgan fingerprint density at radius 1 is 1.00 bits per heavy atom. The molecule has 0 aliphatic heterocycles. The molecule has 34 heavy (non-hydrogen) atoms. The molecule has 0 aliphatic rings. The zero-order chi connectivity index (χ0) is 24.5. The van der Waals surface area contributed by atoms with Gasteiger partial charge in [-0.2, -0.15) is 0 Å². The van der Waals surface area contributed by atoms with E-state index in [2.05, 4.69) is 4.99 Å². The summed E-state index contributed by atoms with van der Waals surface area (Å²) >= 11 is 6.41. The first-order valence-electron chi connectivity index (χ1n) is 10.5. The van der Waals surface area contributed by atoms with Crippen molar-refractivity contribution in [3.05, 3.63) is 94.5 Å². The Labute approximate surface area is 202 Å². The molecule has 0 unspecified atom stereocenters. The summed E-state index contributed by atoms with van der Waals surface area (Å²) in [6.07, 6.45) is 0.541. The van der Waals surface area contributed by atoms with E-state index in [9.17, 15) is 14.7 Å². The molecule has 0 aliphatic carbocycles. The van der Waals surface area contributed by atoms with E-state index in [0.29, 0.717) is 41.5 Å². The minimum absolute atomic E-state index is 0.0730. The van der Waals surface area contributed by atoms with Crippen molar-refractivity contribution in [2.75, 3.05) is 13.1 Å². The number of nitrogens with two attached hydrogens (primary N) is 2. The normalized spacial score (nSPS) is 10.6. The molecule has 0 saturated heterocycles. The Morgan fingerprint density at radius 2 is 1.71 bits per heavy atom. The lowest BCUT2D eigenvalue weighted by molar-refractivity contribution is -0.138. The molecule has 3 rings (SSSR count). The maximum Gasteiger partial charge on any atom is 0.343 e. The van der Waals surface area contributed by atoms with Crippen molar-refractivity contribution in [1.82, 2.24) is 4.90 Å². The summed E-state index contributed by atoms with van der Waals surface area (Å²) in [6.45, 7) is 0.939. The number of guanidine groups is 1. The van der Waals surface area contributed by atoms with Crippen LogP contribution >= 0.6 is 11.6 Å². The monoisotopic (exact) mass is 480 g/mol. The van der Waals surface area contributed by atoms with Crippen LogP contribution in [0.5, 0.6) is 5.75 Å². The molecular formula is C25H25ClN4O4. The van der Waals surface area contributed by atoms with Crippen molar-refractivity contribution in [3.63, 3.8) is 0 Å². The van der Waals surface area contributed by atoms with Crippen LogP contribution in [0.3, 0.4) is 0 Å². The number of rotatable bonds is 10. The first-order valence-corrected chi connectivity index (χ1v) is 10.9. The minimum atomic E-state index is -0.893. The van der Waals surface area contributed by atoms with Gasteiger partial charge in [-0.3, -0.25) is 9.69 Å². The maximum atomic E-state index is 12.4. The number of ether oxygens (including phenoxy) is 1. The van der Waals surface area contributed by atoms with Crippen LogP contribution in [0.1, 0.15) is 21.5 Å². The van der Waals surface area contributed by atoms with Crippen molar-refractivity contribution in [1.29, 1.82) is 0 Å². The second kappa shape index (κ2) is 11.8. The largest absolute Gasteiger partial charge is 0.480 e. The predicted octanol–water partition coefficient (Wildman–Crippen LogP) is 3.59. The van der Waals surface area contributed by atoms with E-state index in [0.717, 1.165) is 11.1 Å². The number of esters is 1. The zero-order valence-electron chi connectivity index (χ0n) is 18.4. The van der Waals surface area contributed by atoms with Gasteiger partial charge in [0.15, 0.2) is 5.96 Å². The molecule has 0 atom stereocenters. The van der Waals surface area contributed by atoms with E-state index in [-0.39, 0.29) is 12.5 Å². The van der Waals surface area contributed by atoms with E-state index in [4.69, 9.17) is 27.8 Å². The van der Waals surface area contributed by atoms with Gasteiger partial charge in [-0.25, -0.2) is 9.79 Å². The average molecular weight is 481 g/mol. The van der Waals surface area contributed by atoms with Crippen molar-refractivity contribution >= 4 is 35.2 Å².